The Hall–Kier alpha value is -1.46. The number of benzene rings is 1. The summed E-state index contributed by atoms with van der Waals surface area (Å²) in [7, 11) is 0. The quantitative estimate of drug-likeness (QED) is 0.892. The molecule has 1 N–H and O–H groups in total. The number of hydrogen-bond acceptors (Lipinski definition) is 4. The van der Waals surface area contributed by atoms with Crippen molar-refractivity contribution in [1.82, 2.24) is 15.5 Å². The van der Waals surface area contributed by atoms with E-state index < -0.39 is 5.82 Å². The van der Waals surface area contributed by atoms with Crippen molar-refractivity contribution in [2.45, 2.75) is 5.92 Å². The van der Waals surface area contributed by atoms with Crippen molar-refractivity contribution in [3.63, 3.8) is 0 Å². The summed E-state index contributed by atoms with van der Waals surface area (Å²) >= 11 is 5.70. The number of rotatable bonds is 2. The van der Waals surface area contributed by atoms with E-state index >= 15 is 0 Å². The third kappa shape index (κ3) is 1.92. The summed E-state index contributed by atoms with van der Waals surface area (Å²) in [5, 5.41) is 7.05. The summed E-state index contributed by atoms with van der Waals surface area (Å²) in [4.78, 5) is 4.27. The number of halogens is 2. The normalized spacial score (nSPS) is 15.9. The van der Waals surface area contributed by atoms with Gasteiger partial charge in [0.25, 0.3) is 0 Å². The van der Waals surface area contributed by atoms with Gasteiger partial charge in [0, 0.05) is 18.7 Å². The van der Waals surface area contributed by atoms with Gasteiger partial charge in [-0.05, 0) is 18.2 Å². The van der Waals surface area contributed by atoms with Crippen LogP contribution in [0.4, 0.5) is 4.39 Å². The van der Waals surface area contributed by atoms with Crippen LogP contribution in [0.1, 0.15) is 11.8 Å². The van der Waals surface area contributed by atoms with Crippen molar-refractivity contribution in [2.24, 2.45) is 0 Å². The Morgan fingerprint density at radius 2 is 2.24 bits per heavy atom. The van der Waals surface area contributed by atoms with E-state index in [1.807, 2.05) is 0 Å². The monoisotopic (exact) mass is 253 g/mol. The van der Waals surface area contributed by atoms with Crippen molar-refractivity contribution in [3.05, 3.63) is 34.9 Å². The molecule has 1 aliphatic rings. The molecular formula is C11H9ClFN3O. The minimum atomic E-state index is -0.456. The fourth-order valence-electron chi connectivity index (χ4n) is 1.62. The molecule has 0 saturated carbocycles. The lowest BCUT2D eigenvalue weighted by Gasteiger charge is -2.22. The lowest BCUT2D eigenvalue weighted by Crippen LogP contribution is -2.40. The van der Waals surface area contributed by atoms with Gasteiger partial charge in [-0.25, -0.2) is 4.39 Å². The molecule has 0 amide bonds. The molecule has 0 bridgehead atoms. The molecule has 6 heteroatoms. The van der Waals surface area contributed by atoms with Crippen LogP contribution in [0.2, 0.25) is 5.02 Å². The molecule has 0 atom stereocenters. The Labute approximate surface area is 102 Å². The van der Waals surface area contributed by atoms with Crippen molar-refractivity contribution >= 4 is 11.6 Å². The van der Waals surface area contributed by atoms with E-state index in [0.717, 1.165) is 13.1 Å². The average Bonchev–Trinajstić information content (AvgIpc) is 2.69. The zero-order chi connectivity index (χ0) is 11.8. The van der Waals surface area contributed by atoms with Gasteiger partial charge in [-0.3, -0.25) is 0 Å². The predicted molar refractivity (Wildman–Crippen MR) is 60.3 cm³/mol. The maximum atomic E-state index is 13.0. The van der Waals surface area contributed by atoms with E-state index in [9.17, 15) is 4.39 Å². The van der Waals surface area contributed by atoms with Gasteiger partial charge in [-0.1, -0.05) is 16.8 Å². The summed E-state index contributed by atoms with van der Waals surface area (Å²) in [5.74, 6) is 0.877. The van der Waals surface area contributed by atoms with Crippen LogP contribution >= 0.6 is 11.6 Å². The fourth-order valence-corrected chi connectivity index (χ4v) is 1.80. The smallest absolute Gasteiger partial charge is 0.232 e. The highest BCUT2D eigenvalue weighted by molar-refractivity contribution is 6.31. The first-order valence-corrected chi connectivity index (χ1v) is 5.61. The molecule has 1 aromatic heterocycles. The molecule has 2 aromatic rings. The van der Waals surface area contributed by atoms with Gasteiger partial charge in [-0.15, -0.1) is 0 Å². The maximum absolute atomic E-state index is 13.0. The topological polar surface area (TPSA) is 51.0 Å². The second kappa shape index (κ2) is 4.09. The lowest BCUT2D eigenvalue weighted by atomic mass is 10.0. The zero-order valence-corrected chi connectivity index (χ0v) is 9.54. The van der Waals surface area contributed by atoms with Crippen LogP contribution in [0.3, 0.4) is 0 Å². The molecule has 3 rings (SSSR count). The van der Waals surface area contributed by atoms with Gasteiger partial charge in [0.15, 0.2) is 0 Å². The molecule has 1 aromatic carbocycles. The summed E-state index contributed by atoms with van der Waals surface area (Å²) in [5.41, 5.74) is 0.652. The molecule has 0 spiro atoms. The summed E-state index contributed by atoms with van der Waals surface area (Å²) < 4.78 is 18.2. The molecule has 0 unspecified atom stereocenters. The maximum Gasteiger partial charge on any atom is 0.232 e. The minimum absolute atomic E-state index is 0.0548. The Bertz CT molecular complexity index is 553. The Balaban J connectivity index is 1.92. The van der Waals surface area contributed by atoms with E-state index in [0.29, 0.717) is 17.3 Å². The van der Waals surface area contributed by atoms with Crippen LogP contribution in [-0.2, 0) is 0 Å². The highest BCUT2D eigenvalue weighted by Crippen LogP contribution is 2.25. The van der Waals surface area contributed by atoms with Gasteiger partial charge in [0.05, 0.1) is 10.9 Å². The fraction of sp³-hybridized carbons (Fsp3) is 0.273. The molecular weight excluding hydrogens is 245 g/mol. The van der Waals surface area contributed by atoms with Gasteiger partial charge < -0.3 is 9.84 Å². The van der Waals surface area contributed by atoms with E-state index in [1.165, 1.54) is 12.1 Å². The number of nitrogens with zero attached hydrogens (tertiary/aromatic N) is 2. The van der Waals surface area contributed by atoms with Gasteiger partial charge in [0.1, 0.15) is 5.82 Å². The molecule has 0 aliphatic carbocycles. The molecule has 1 saturated heterocycles. The molecule has 1 aliphatic heterocycles. The standard InChI is InChI=1S/C11H9ClFN3O/c12-8-3-6(1-2-9(8)13)10-15-11(17-16-10)7-4-14-5-7/h1-3,7,14H,4-5H2. The predicted octanol–water partition coefficient (Wildman–Crippen LogP) is 2.22. The SMILES string of the molecule is Fc1ccc(-c2noc(C3CNC3)n2)cc1Cl. The largest absolute Gasteiger partial charge is 0.339 e. The number of aromatic nitrogens is 2. The van der Waals surface area contributed by atoms with Crippen LogP contribution in [0.5, 0.6) is 0 Å². The molecule has 0 radical (unpaired) electrons. The van der Waals surface area contributed by atoms with Crippen LogP contribution in [0.15, 0.2) is 22.7 Å². The third-order valence-corrected chi connectivity index (χ3v) is 3.04. The summed E-state index contributed by atoms with van der Waals surface area (Å²) in [6.45, 7) is 1.71. The van der Waals surface area contributed by atoms with Crippen molar-refractivity contribution in [1.29, 1.82) is 0 Å². The van der Waals surface area contributed by atoms with E-state index in [1.54, 1.807) is 6.07 Å². The zero-order valence-electron chi connectivity index (χ0n) is 8.78. The van der Waals surface area contributed by atoms with E-state index in [-0.39, 0.29) is 10.9 Å². The van der Waals surface area contributed by atoms with E-state index in [2.05, 4.69) is 15.5 Å². The Morgan fingerprint density at radius 1 is 1.41 bits per heavy atom. The van der Waals surface area contributed by atoms with Crippen molar-refractivity contribution < 1.29 is 8.91 Å². The van der Waals surface area contributed by atoms with Gasteiger partial charge >= 0.3 is 0 Å². The van der Waals surface area contributed by atoms with Crippen molar-refractivity contribution in [2.75, 3.05) is 13.1 Å². The van der Waals surface area contributed by atoms with Crippen molar-refractivity contribution in [3.8, 4) is 11.4 Å². The average molecular weight is 254 g/mol. The first kappa shape index (κ1) is 10.7. The highest BCUT2D eigenvalue weighted by Gasteiger charge is 2.25. The second-order valence-electron chi connectivity index (χ2n) is 3.94. The summed E-state index contributed by atoms with van der Waals surface area (Å²) in [6.07, 6.45) is 0. The minimum Gasteiger partial charge on any atom is -0.339 e. The molecule has 1 fully saturated rings. The first-order chi connectivity index (χ1) is 8.24. The van der Waals surface area contributed by atoms with Gasteiger partial charge in [0.2, 0.25) is 11.7 Å². The van der Waals surface area contributed by atoms with Crippen LogP contribution < -0.4 is 5.32 Å². The Kier molecular flexibility index (Phi) is 2.57. The molecule has 88 valence electrons. The highest BCUT2D eigenvalue weighted by atomic mass is 35.5. The van der Waals surface area contributed by atoms with Gasteiger partial charge in [-0.2, -0.15) is 4.98 Å². The third-order valence-electron chi connectivity index (χ3n) is 2.75. The first-order valence-electron chi connectivity index (χ1n) is 5.24. The molecule has 2 heterocycles. The van der Waals surface area contributed by atoms with Crippen LogP contribution in [0, 0.1) is 5.82 Å². The van der Waals surface area contributed by atoms with Crippen LogP contribution in [0.25, 0.3) is 11.4 Å². The molecule has 4 nitrogen and oxygen atoms in total. The number of hydrogen-bond donors (Lipinski definition) is 1. The van der Waals surface area contributed by atoms with E-state index in [4.69, 9.17) is 16.1 Å². The number of nitrogens with one attached hydrogen (secondary N) is 1. The lowest BCUT2D eigenvalue weighted by molar-refractivity contribution is 0.308. The second-order valence-corrected chi connectivity index (χ2v) is 4.35. The molecule has 17 heavy (non-hydrogen) atoms. The van der Waals surface area contributed by atoms with Crippen LogP contribution in [-0.4, -0.2) is 23.2 Å². The summed E-state index contributed by atoms with van der Waals surface area (Å²) in [6, 6.07) is 4.36. The Morgan fingerprint density at radius 3 is 2.88 bits per heavy atom.